The third-order valence-corrected chi connectivity index (χ3v) is 7.91. The van der Waals surface area contributed by atoms with E-state index in [0.29, 0.717) is 39.6 Å². The normalized spacial score (nSPS) is 45.4. The maximum atomic E-state index is 6.20. The van der Waals surface area contributed by atoms with Gasteiger partial charge in [0, 0.05) is 0 Å². The fourth-order valence-corrected chi connectivity index (χ4v) is 6.35. The van der Waals surface area contributed by atoms with Gasteiger partial charge in [-0.1, -0.05) is 0 Å². The van der Waals surface area contributed by atoms with Gasteiger partial charge < -0.3 is 61.6 Å². The minimum Gasteiger partial charge on any atom is -0.377 e. The molecular weight excluding hydrogens is 544 g/mol. The van der Waals surface area contributed by atoms with Crippen LogP contribution in [-0.4, -0.2) is 124 Å². The molecule has 6 heterocycles. The summed E-state index contributed by atoms with van der Waals surface area (Å²) in [6.45, 7) is 17.2. The number of rotatable bonds is 10. The zero-order chi connectivity index (χ0) is 29.2. The van der Waals surface area contributed by atoms with E-state index in [-0.39, 0.29) is 48.8 Å². The fraction of sp³-hybridized carbons (Fsp3) is 1.00. The van der Waals surface area contributed by atoms with Crippen LogP contribution in [0.1, 0.15) is 55.4 Å². The van der Waals surface area contributed by atoms with Crippen LogP contribution >= 0.6 is 0 Å². The van der Waals surface area contributed by atoms with E-state index in [9.17, 15) is 0 Å². The van der Waals surface area contributed by atoms with Gasteiger partial charge in [-0.2, -0.15) is 0 Å². The smallest absolute Gasteiger partial charge is 0.187 e. The Bertz CT molecular complexity index is 853. The van der Waals surface area contributed by atoms with Gasteiger partial charge in [0.1, 0.15) is 48.8 Å². The first kappa shape index (κ1) is 30.5. The first-order chi connectivity index (χ1) is 19.2. The second-order valence-electron chi connectivity index (χ2n) is 13.2. The molecule has 6 aliphatic rings. The Kier molecular flexibility index (Phi) is 8.28. The quantitative estimate of drug-likeness (QED) is 0.345. The van der Waals surface area contributed by atoms with Crippen LogP contribution in [0.25, 0.3) is 0 Å². The maximum Gasteiger partial charge on any atom is 0.187 e. The van der Waals surface area contributed by atoms with Gasteiger partial charge in [-0.3, -0.25) is 0 Å². The lowest BCUT2D eigenvalue weighted by molar-refractivity contribution is -0.252. The van der Waals surface area contributed by atoms with Crippen molar-refractivity contribution in [3.63, 3.8) is 0 Å². The lowest BCUT2D eigenvalue weighted by Crippen LogP contribution is -2.40. The standard InChI is InChI=1S/C28H46O13/c1-25(2)32-13-15(36-25)17-19-21(40-27(5,6)38-19)23(34-17)30-11-9-29-10-12-31-24-22-20(39-28(7,8)41-22)18(35-24)16-14-33-26(3,4)37-16/h15-24H,9-14H2,1-8H3/t15-,16-,17-,18-,19+,20+,21+,22+,23+,24+/m1/s1. The van der Waals surface area contributed by atoms with Crippen molar-refractivity contribution < 1.29 is 61.6 Å². The largest absolute Gasteiger partial charge is 0.377 e. The molecule has 0 aromatic rings. The predicted octanol–water partition coefficient (Wildman–Crippen LogP) is 1.83. The summed E-state index contributed by atoms with van der Waals surface area (Å²) in [5, 5.41) is 0. The fourth-order valence-electron chi connectivity index (χ4n) is 6.35. The molecule has 13 nitrogen and oxygen atoms in total. The zero-order valence-corrected chi connectivity index (χ0v) is 25.3. The summed E-state index contributed by atoms with van der Waals surface area (Å²) in [5.41, 5.74) is 0. The highest BCUT2D eigenvalue weighted by Gasteiger charge is 2.61. The van der Waals surface area contributed by atoms with E-state index in [1.165, 1.54) is 0 Å². The van der Waals surface area contributed by atoms with Gasteiger partial charge in [0.05, 0.1) is 39.6 Å². The van der Waals surface area contributed by atoms with Crippen molar-refractivity contribution >= 4 is 0 Å². The highest BCUT2D eigenvalue weighted by molar-refractivity contribution is 5.01. The molecule has 236 valence electrons. The monoisotopic (exact) mass is 590 g/mol. The van der Waals surface area contributed by atoms with E-state index in [0.717, 1.165) is 0 Å². The molecule has 0 aromatic heterocycles. The molecule has 0 unspecified atom stereocenters. The summed E-state index contributed by atoms with van der Waals surface area (Å²) in [4.78, 5) is 0. The van der Waals surface area contributed by atoms with Gasteiger partial charge in [-0.05, 0) is 55.4 Å². The molecule has 0 N–H and O–H groups in total. The van der Waals surface area contributed by atoms with E-state index in [1.54, 1.807) is 0 Å². The molecule has 0 spiro atoms. The molecule has 6 saturated heterocycles. The topological polar surface area (TPSA) is 120 Å². The van der Waals surface area contributed by atoms with Crippen molar-refractivity contribution in [3.8, 4) is 0 Å². The molecule has 6 rings (SSSR count). The molecule has 0 aliphatic carbocycles. The number of hydrogen-bond donors (Lipinski definition) is 0. The summed E-state index contributed by atoms with van der Waals surface area (Å²) >= 11 is 0. The predicted molar refractivity (Wildman–Crippen MR) is 138 cm³/mol. The molecule has 0 amide bonds. The summed E-state index contributed by atoms with van der Waals surface area (Å²) in [6.07, 6.45) is -3.84. The molecule has 0 bridgehead atoms. The van der Waals surface area contributed by atoms with Crippen LogP contribution in [0.5, 0.6) is 0 Å². The summed E-state index contributed by atoms with van der Waals surface area (Å²) in [7, 11) is 0. The zero-order valence-electron chi connectivity index (χ0n) is 25.3. The Hall–Kier alpha value is -0.520. The molecule has 0 aromatic carbocycles. The van der Waals surface area contributed by atoms with Crippen LogP contribution in [-0.2, 0) is 61.6 Å². The average molecular weight is 591 g/mol. The Morgan fingerprint density at radius 2 is 0.854 bits per heavy atom. The first-order valence-corrected chi connectivity index (χ1v) is 14.7. The number of ether oxygens (including phenoxy) is 13. The molecule has 6 aliphatic heterocycles. The van der Waals surface area contributed by atoms with Crippen molar-refractivity contribution in [1.82, 2.24) is 0 Å². The Labute approximate surface area is 241 Å². The van der Waals surface area contributed by atoms with Crippen molar-refractivity contribution in [1.29, 1.82) is 0 Å². The molecule has 6 fully saturated rings. The average Bonchev–Trinajstić information content (AvgIpc) is 3.67. The van der Waals surface area contributed by atoms with Gasteiger partial charge in [0.15, 0.2) is 35.7 Å². The minimum atomic E-state index is -0.738. The van der Waals surface area contributed by atoms with Crippen LogP contribution in [0.15, 0.2) is 0 Å². The Morgan fingerprint density at radius 3 is 1.22 bits per heavy atom. The van der Waals surface area contributed by atoms with Gasteiger partial charge in [0.2, 0.25) is 0 Å². The maximum absolute atomic E-state index is 6.20. The van der Waals surface area contributed by atoms with E-state index in [4.69, 9.17) is 61.6 Å². The van der Waals surface area contributed by atoms with E-state index < -0.39 is 35.7 Å². The molecule has 13 heteroatoms. The molecule has 0 radical (unpaired) electrons. The highest BCUT2D eigenvalue weighted by Crippen LogP contribution is 2.44. The minimum absolute atomic E-state index is 0.270. The molecule has 0 saturated carbocycles. The van der Waals surface area contributed by atoms with Gasteiger partial charge in [-0.15, -0.1) is 0 Å². The lowest BCUT2D eigenvalue weighted by Gasteiger charge is -2.27. The van der Waals surface area contributed by atoms with E-state index >= 15 is 0 Å². The van der Waals surface area contributed by atoms with Crippen LogP contribution in [0.3, 0.4) is 0 Å². The lowest BCUT2D eigenvalue weighted by atomic mass is 10.1. The Balaban J connectivity index is 0.933. The van der Waals surface area contributed by atoms with Crippen molar-refractivity contribution in [2.75, 3.05) is 39.6 Å². The van der Waals surface area contributed by atoms with Crippen molar-refractivity contribution in [3.05, 3.63) is 0 Å². The first-order valence-electron chi connectivity index (χ1n) is 14.7. The van der Waals surface area contributed by atoms with Gasteiger partial charge in [0.25, 0.3) is 0 Å². The second kappa shape index (κ2) is 11.1. The SMILES string of the molecule is CC1(C)O[C@@H]2[C@H](O1)[C@@H](OCCOCCO[C@H]1O[C@H]([C@H]3COC(C)(C)O3)[C@@H]3OC(C)(C)O[C@H]13)O[C@@H]2[C@H]1COC(C)(C)O1. The van der Waals surface area contributed by atoms with Crippen molar-refractivity contribution in [2.45, 2.75) is 140 Å². The third-order valence-electron chi connectivity index (χ3n) is 7.91. The third kappa shape index (κ3) is 6.63. The number of hydrogen-bond acceptors (Lipinski definition) is 13. The highest BCUT2D eigenvalue weighted by atomic mass is 16.8. The second-order valence-corrected chi connectivity index (χ2v) is 13.2. The number of fused-ring (bicyclic) bond motifs is 2. The summed E-state index contributed by atoms with van der Waals surface area (Å²) in [6, 6.07) is 0. The van der Waals surface area contributed by atoms with Gasteiger partial charge in [-0.25, -0.2) is 0 Å². The van der Waals surface area contributed by atoms with E-state index in [1.807, 2.05) is 55.4 Å². The van der Waals surface area contributed by atoms with Crippen LogP contribution in [0, 0.1) is 0 Å². The van der Waals surface area contributed by atoms with Gasteiger partial charge >= 0.3 is 0 Å². The van der Waals surface area contributed by atoms with Crippen LogP contribution < -0.4 is 0 Å². The van der Waals surface area contributed by atoms with Crippen LogP contribution in [0.4, 0.5) is 0 Å². The summed E-state index contributed by atoms with van der Waals surface area (Å²) < 4.78 is 78.2. The van der Waals surface area contributed by atoms with Crippen molar-refractivity contribution in [2.24, 2.45) is 0 Å². The van der Waals surface area contributed by atoms with E-state index in [2.05, 4.69) is 0 Å². The van der Waals surface area contributed by atoms with Crippen LogP contribution in [0.2, 0.25) is 0 Å². The summed E-state index contributed by atoms with van der Waals surface area (Å²) in [5.74, 6) is -2.81. The molecular formula is C28H46O13. The Morgan fingerprint density at radius 1 is 0.463 bits per heavy atom. The molecule has 41 heavy (non-hydrogen) atoms. The molecule has 10 atom stereocenters.